The fourth-order valence-corrected chi connectivity index (χ4v) is 2.47. The van der Waals surface area contributed by atoms with Crippen LogP contribution in [0.25, 0.3) is 0 Å². The van der Waals surface area contributed by atoms with E-state index in [9.17, 15) is 9.59 Å². The number of rotatable bonds is 6. The normalized spacial score (nSPS) is 11.0. The van der Waals surface area contributed by atoms with Gasteiger partial charge in [-0.15, -0.1) is 0 Å². The minimum Gasteiger partial charge on any atom is -0.478 e. The minimum absolute atomic E-state index is 0.0668. The second-order valence-electron chi connectivity index (χ2n) is 5.86. The van der Waals surface area contributed by atoms with Crippen molar-refractivity contribution in [3.05, 3.63) is 59.1 Å². The number of carbonyl (C=O) groups excluding carboxylic acids is 1. The van der Waals surface area contributed by atoms with E-state index in [0.29, 0.717) is 22.0 Å². The third-order valence-electron chi connectivity index (χ3n) is 3.45. The largest absolute Gasteiger partial charge is 0.478 e. The van der Waals surface area contributed by atoms with E-state index in [4.69, 9.17) is 33.2 Å². The van der Waals surface area contributed by atoms with Gasteiger partial charge in [-0.25, -0.2) is 9.21 Å². The van der Waals surface area contributed by atoms with Crippen molar-refractivity contribution >= 4 is 40.9 Å². The first-order valence-electron chi connectivity index (χ1n) is 7.45. The van der Waals surface area contributed by atoms with Crippen molar-refractivity contribution in [2.75, 3.05) is 4.42 Å². The first-order valence-corrected chi connectivity index (χ1v) is 8.17. The van der Waals surface area contributed by atoms with Crippen molar-refractivity contribution in [2.24, 2.45) is 0 Å². The molecule has 0 unspecified atom stereocenters. The highest BCUT2D eigenvalue weighted by Crippen LogP contribution is 2.27. The van der Waals surface area contributed by atoms with Gasteiger partial charge in [-0.05, 0) is 43.7 Å². The molecule has 0 radical (unpaired) electrons. The molecule has 0 aliphatic heterocycles. The maximum atomic E-state index is 12.3. The highest BCUT2D eigenvalue weighted by molar-refractivity contribution is 6.41. The van der Waals surface area contributed by atoms with Crippen molar-refractivity contribution < 1.29 is 19.4 Å². The fourth-order valence-electron chi connectivity index (χ4n) is 2.00. The second kappa shape index (κ2) is 7.76. The minimum atomic E-state index is -1.34. The summed E-state index contributed by atoms with van der Waals surface area (Å²) < 4.78 is 6.40. The zero-order valence-electron chi connectivity index (χ0n) is 13.7. The topological polar surface area (TPSA) is 66.8 Å². The molecule has 132 valence electrons. The summed E-state index contributed by atoms with van der Waals surface area (Å²) >= 11 is 12.1. The number of carboxylic acids is 1. The molecule has 2 rings (SSSR count). The van der Waals surface area contributed by atoms with Gasteiger partial charge in [0, 0.05) is 11.8 Å². The van der Waals surface area contributed by atoms with Crippen LogP contribution in [0.1, 0.15) is 19.4 Å². The van der Waals surface area contributed by atoms with Gasteiger partial charge in [0.2, 0.25) is 5.91 Å². The summed E-state index contributed by atoms with van der Waals surface area (Å²) in [6.45, 7) is 2.92. The summed E-state index contributed by atoms with van der Waals surface area (Å²) in [6.07, 6.45) is 0.0668. The first-order chi connectivity index (χ1) is 11.7. The van der Waals surface area contributed by atoms with E-state index in [1.165, 1.54) is 13.8 Å². The molecule has 0 aliphatic rings. The molecule has 2 aromatic carbocycles. The van der Waals surface area contributed by atoms with Crippen LogP contribution < -0.4 is 9.16 Å². The van der Waals surface area contributed by atoms with Crippen LogP contribution in [0.4, 0.5) is 5.69 Å². The molecule has 1 N–H and O–H groups in total. The molecule has 0 heterocycles. The van der Waals surface area contributed by atoms with Crippen molar-refractivity contribution in [2.45, 2.75) is 25.9 Å². The molecular weight excluding hydrogens is 365 g/mol. The Labute approximate surface area is 155 Å². The van der Waals surface area contributed by atoms with Crippen molar-refractivity contribution in [3.63, 3.8) is 0 Å². The van der Waals surface area contributed by atoms with Gasteiger partial charge in [0.05, 0.1) is 17.1 Å². The van der Waals surface area contributed by atoms with Crippen molar-refractivity contribution in [1.29, 1.82) is 0 Å². The summed E-state index contributed by atoms with van der Waals surface area (Å²) in [7, 11) is 0. The van der Waals surface area contributed by atoms with Gasteiger partial charge in [-0.2, -0.15) is 0 Å². The Kier molecular flexibility index (Phi) is 5.93. The molecule has 0 spiro atoms. The number of hydrogen-bond acceptors (Lipinski definition) is 3. The molecule has 0 aliphatic carbocycles. The van der Waals surface area contributed by atoms with Gasteiger partial charge in [-0.1, -0.05) is 35.9 Å². The maximum absolute atomic E-state index is 12.3. The second-order valence-corrected chi connectivity index (χ2v) is 6.61. The third kappa shape index (κ3) is 4.87. The molecule has 1 amide bonds. The lowest BCUT2D eigenvalue weighted by atomic mass is 10.1. The summed E-state index contributed by atoms with van der Waals surface area (Å²) in [5.41, 5.74) is -0.212. The van der Waals surface area contributed by atoms with E-state index in [0.717, 1.165) is 4.42 Å². The van der Waals surface area contributed by atoms with Crippen LogP contribution in [-0.4, -0.2) is 22.6 Å². The number of halogens is 2. The first kappa shape index (κ1) is 19.1. The zero-order valence-corrected chi connectivity index (χ0v) is 15.2. The highest BCUT2D eigenvalue weighted by Gasteiger charge is 2.29. The predicted octanol–water partition coefficient (Wildman–Crippen LogP) is 4.31. The van der Waals surface area contributed by atoms with E-state index < -0.39 is 11.6 Å². The monoisotopic (exact) mass is 381 g/mol. The summed E-state index contributed by atoms with van der Waals surface area (Å²) in [6, 6.07) is 13.4. The Morgan fingerprint density at radius 1 is 1.12 bits per heavy atom. The van der Waals surface area contributed by atoms with Gasteiger partial charge in [0.25, 0.3) is 0 Å². The van der Waals surface area contributed by atoms with Crippen LogP contribution in [0.5, 0.6) is 5.75 Å². The quantitative estimate of drug-likeness (QED) is 0.756. The van der Waals surface area contributed by atoms with Gasteiger partial charge in [0.15, 0.2) is 5.60 Å². The smallest absolute Gasteiger partial charge is 0.347 e. The number of para-hydroxylation sites is 1. The van der Waals surface area contributed by atoms with Crippen LogP contribution in [-0.2, 0) is 16.0 Å². The Morgan fingerprint density at radius 2 is 1.72 bits per heavy atom. The molecule has 25 heavy (non-hydrogen) atoms. The van der Waals surface area contributed by atoms with Crippen molar-refractivity contribution in [3.8, 4) is 5.75 Å². The molecule has 0 saturated heterocycles. The van der Waals surface area contributed by atoms with Gasteiger partial charge < -0.3 is 9.84 Å². The Morgan fingerprint density at radius 3 is 2.28 bits per heavy atom. The van der Waals surface area contributed by atoms with Gasteiger partial charge >= 0.3 is 5.97 Å². The van der Waals surface area contributed by atoms with Gasteiger partial charge in [-0.3, -0.25) is 4.79 Å². The molecule has 0 saturated carbocycles. The molecule has 0 atom stereocenters. The zero-order chi connectivity index (χ0) is 18.6. The van der Waals surface area contributed by atoms with E-state index in [-0.39, 0.29) is 12.3 Å². The lowest BCUT2D eigenvalue weighted by Gasteiger charge is -2.21. The number of hydrogen-bond donors (Lipinski definition) is 1. The molecule has 7 heteroatoms. The number of anilines is 1. The number of aliphatic carboxylic acids is 1. The summed E-state index contributed by atoms with van der Waals surface area (Å²) in [5.74, 6) is -1.00. The number of carbonyl (C=O) groups is 2. The lowest BCUT2D eigenvalue weighted by Crippen LogP contribution is -2.37. The van der Waals surface area contributed by atoms with Gasteiger partial charge in [0.1, 0.15) is 5.75 Å². The maximum Gasteiger partial charge on any atom is 0.347 e. The van der Waals surface area contributed by atoms with Crippen LogP contribution in [0.3, 0.4) is 0 Å². The Bertz CT molecular complexity index is 775. The van der Waals surface area contributed by atoms with E-state index in [2.05, 4.69) is 0 Å². The van der Waals surface area contributed by atoms with Crippen LogP contribution in [0.2, 0.25) is 5.02 Å². The fraction of sp³-hybridized carbons (Fsp3) is 0.222. The summed E-state index contributed by atoms with van der Waals surface area (Å²) in [5, 5.41) is 9.45. The van der Waals surface area contributed by atoms with Crippen LogP contribution in [0, 0.1) is 0 Å². The molecular formula is C18H17Cl2NO4. The molecule has 5 nitrogen and oxygen atoms in total. The average Bonchev–Trinajstić information content (AvgIpc) is 2.56. The summed E-state index contributed by atoms with van der Waals surface area (Å²) in [4.78, 5) is 23.4. The SMILES string of the molecule is CC(C)(Oc1ccc(CC(=O)N(Cl)c2ccccc2Cl)cc1)C(=O)O. The van der Waals surface area contributed by atoms with E-state index in [1.807, 2.05) is 0 Å². The van der Waals surface area contributed by atoms with Crippen LogP contribution in [0.15, 0.2) is 48.5 Å². The molecule has 0 aromatic heterocycles. The number of carboxylic acid groups (broad SMARTS) is 1. The lowest BCUT2D eigenvalue weighted by molar-refractivity contribution is -0.152. The third-order valence-corrected chi connectivity index (χ3v) is 4.14. The highest BCUT2D eigenvalue weighted by atomic mass is 35.5. The van der Waals surface area contributed by atoms with Crippen molar-refractivity contribution in [1.82, 2.24) is 0 Å². The average molecular weight is 382 g/mol. The predicted molar refractivity (Wildman–Crippen MR) is 97.3 cm³/mol. The Balaban J connectivity index is 2.05. The number of benzene rings is 2. The number of amides is 1. The Hall–Kier alpha value is -2.24. The molecule has 0 fully saturated rings. The molecule has 2 aromatic rings. The van der Waals surface area contributed by atoms with E-state index >= 15 is 0 Å². The number of nitrogens with zero attached hydrogens (tertiary/aromatic N) is 1. The van der Waals surface area contributed by atoms with Crippen LogP contribution >= 0.6 is 23.4 Å². The van der Waals surface area contributed by atoms with E-state index in [1.54, 1.807) is 48.5 Å². The standard InChI is InChI=1S/C18H17Cl2NO4/c1-18(2,17(23)24)25-13-9-7-12(8-10-13)11-16(22)21(20)15-6-4-3-5-14(15)19/h3-10H,11H2,1-2H3,(H,23,24). The molecule has 0 bridgehead atoms. The number of ether oxygens (including phenoxy) is 1.